The van der Waals surface area contributed by atoms with Gasteiger partial charge in [-0.25, -0.2) is 0 Å². The molecule has 0 heterocycles. The summed E-state index contributed by atoms with van der Waals surface area (Å²) < 4.78 is 21.8. The molecular formula is C21H30O5. The number of benzene rings is 1. The van der Waals surface area contributed by atoms with Crippen molar-refractivity contribution < 1.29 is 23.7 Å². The lowest BCUT2D eigenvalue weighted by Crippen LogP contribution is -2.28. The minimum atomic E-state index is -0.246. The molecule has 0 aliphatic heterocycles. The van der Waals surface area contributed by atoms with Crippen molar-refractivity contribution in [1.82, 2.24) is 0 Å². The molecule has 0 saturated carbocycles. The number of carbonyl (C=O) groups excluding carboxylic acids is 1. The van der Waals surface area contributed by atoms with Crippen molar-refractivity contribution in [2.75, 3.05) is 33.7 Å². The average molecular weight is 362 g/mol. The Morgan fingerprint density at radius 2 is 1.92 bits per heavy atom. The summed E-state index contributed by atoms with van der Waals surface area (Å²) in [4.78, 5) is 11.5. The monoisotopic (exact) mass is 362 g/mol. The van der Waals surface area contributed by atoms with Crippen LogP contribution in [0.5, 0.6) is 0 Å². The Hall–Kier alpha value is -1.75. The van der Waals surface area contributed by atoms with Crippen LogP contribution in [-0.4, -0.2) is 46.1 Å². The molecule has 0 bridgehead atoms. The second-order valence-electron chi connectivity index (χ2n) is 5.84. The number of methoxy groups -OCH3 is 1. The molecule has 26 heavy (non-hydrogen) atoms. The van der Waals surface area contributed by atoms with Gasteiger partial charge in [0.25, 0.3) is 0 Å². The average Bonchev–Trinajstić information content (AvgIpc) is 2.68. The van der Waals surface area contributed by atoms with Gasteiger partial charge >= 0.3 is 0 Å². The summed E-state index contributed by atoms with van der Waals surface area (Å²) in [5.41, 5.74) is 3.85. The van der Waals surface area contributed by atoms with E-state index in [0.717, 1.165) is 18.3 Å². The summed E-state index contributed by atoms with van der Waals surface area (Å²) in [5.74, 6) is -0.217. The molecule has 5 nitrogen and oxygen atoms in total. The van der Waals surface area contributed by atoms with Gasteiger partial charge in [0, 0.05) is 19.6 Å². The maximum absolute atomic E-state index is 11.5. The molecule has 0 unspecified atom stereocenters. The van der Waals surface area contributed by atoms with Crippen LogP contribution in [-0.2, 0) is 30.3 Å². The summed E-state index contributed by atoms with van der Waals surface area (Å²) in [6, 6.07) is 9.99. The Morgan fingerprint density at radius 1 is 1.12 bits per heavy atom. The molecule has 0 radical (unpaired) electrons. The summed E-state index contributed by atoms with van der Waals surface area (Å²) in [5, 5.41) is 0. The van der Waals surface area contributed by atoms with E-state index >= 15 is 0 Å². The highest BCUT2D eigenvalue weighted by Crippen LogP contribution is 2.17. The number of carbonyl (C=O) groups is 1. The molecule has 1 rings (SSSR count). The van der Waals surface area contributed by atoms with Gasteiger partial charge in [-0.3, -0.25) is 0 Å². The molecule has 0 amide bonds. The van der Waals surface area contributed by atoms with Crippen molar-refractivity contribution in [2.45, 2.75) is 32.0 Å². The largest absolute Gasteiger partial charge is 0.382 e. The molecule has 1 aromatic carbocycles. The lowest BCUT2D eigenvalue weighted by Gasteiger charge is -2.23. The molecule has 1 aromatic rings. The number of hydrogen-bond acceptors (Lipinski definition) is 5. The van der Waals surface area contributed by atoms with E-state index in [4.69, 9.17) is 18.9 Å². The van der Waals surface area contributed by atoms with Gasteiger partial charge in [-0.1, -0.05) is 36.9 Å². The fourth-order valence-electron chi connectivity index (χ4n) is 2.44. The van der Waals surface area contributed by atoms with E-state index in [-0.39, 0.29) is 18.8 Å². The summed E-state index contributed by atoms with van der Waals surface area (Å²) in [6.45, 7) is 5.70. The van der Waals surface area contributed by atoms with Crippen LogP contribution in [0.25, 0.3) is 0 Å². The second kappa shape index (κ2) is 15.5. The SMILES string of the molecule is C=C=CCC[C@@H](C=O)[C@@H](CCOCc1ccccc1)OCOCCOC. The van der Waals surface area contributed by atoms with Gasteiger partial charge in [-0.05, 0) is 30.9 Å². The van der Waals surface area contributed by atoms with E-state index < -0.39 is 0 Å². The number of aldehydes is 1. The molecule has 0 spiro atoms. The predicted octanol–water partition coefficient (Wildman–Crippen LogP) is 3.54. The fourth-order valence-corrected chi connectivity index (χ4v) is 2.44. The van der Waals surface area contributed by atoms with Gasteiger partial charge in [0.15, 0.2) is 0 Å². The quantitative estimate of drug-likeness (QED) is 0.195. The first-order valence-electron chi connectivity index (χ1n) is 8.91. The van der Waals surface area contributed by atoms with E-state index in [1.54, 1.807) is 7.11 Å². The zero-order valence-corrected chi connectivity index (χ0v) is 15.6. The number of rotatable bonds is 16. The molecule has 5 heteroatoms. The topological polar surface area (TPSA) is 54.0 Å². The Balaban J connectivity index is 2.43. The molecule has 0 saturated heterocycles. The van der Waals surface area contributed by atoms with Crippen molar-refractivity contribution in [3.8, 4) is 0 Å². The third-order valence-electron chi connectivity index (χ3n) is 3.90. The van der Waals surface area contributed by atoms with Gasteiger partial charge in [0.05, 0.1) is 25.9 Å². The van der Waals surface area contributed by atoms with Crippen LogP contribution in [0.15, 0.2) is 48.7 Å². The van der Waals surface area contributed by atoms with Gasteiger partial charge in [-0.2, -0.15) is 0 Å². The van der Waals surface area contributed by atoms with Crippen LogP contribution in [0.2, 0.25) is 0 Å². The highest BCUT2D eigenvalue weighted by Gasteiger charge is 2.21. The third kappa shape index (κ3) is 10.3. The van der Waals surface area contributed by atoms with Crippen LogP contribution < -0.4 is 0 Å². The molecule has 2 atom stereocenters. The van der Waals surface area contributed by atoms with Gasteiger partial charge in [0.1, 0.15) is 13.1 Å². The standard InChI is InChI=1S/C21H30O5/c1-3-4-6-11-20(16-22)21(26-18-25-15-14-23-2)12-13-24-17-19-9-7-5-8-10-19/h4-5,7-10,16,20-21H,1,6,11-15,17-18H2,2H3/t20-,21+/m0/s1. The Kier molecular flexibility index (Phi) is 13.3. The molecule has 0 N–H and O–H groups in total. The van der Waals surface area contributed by atoms with Gasteiger partial charge in [-0.15, -0.1) is 5.73 Å². The van der Waals surface area contributed by atoms with Gasteiger partial charge < -0.3 is 23.7 Å². The van der Waals surface area contributed by atoms with Crippen molar-refractivity contribution in [2.24, 2.45) is 5.92 Å². The maximum atomic E-state index is 11.5. The van der Waals surface area contributed by atoms with Crippen LogP contribution in [0.3, 0.4) is 0 Å². The normalized spacial score (nSPS) is 13.0. The van der Waals surface area contributed by atoms with E-state index in [1.807, 2.05) is 36.4 Å². The molecule has 0 aliphatic rings. The minimum absolute atomic E-state index is 0.133. The smallest absolute Gasteiger partial charge is 0.147 e. The van der Waals surface area contributed by atoms with E-state index in [0.29, 0.717) is 39.3 Å². The van der Waals surface area contributed by atoms with Crippen LogP contribution in [0.1, 0.15) is 24.8 Å². The van der Waals surface area contributed by atoms with E-state index in [1.165, 1.54) is 0 Å². The van der Waals surface area contributed by atoms with Crippen molar-refractivity contribution in [3.63, 3.8) is 0 Å². The molecule has 0 aliphatic carbocycles. The van der Waals surface area contributed by atoms with Crippen LogP contribution in [0, 0.1) is 5.92 Å². The number of ether oxygens (including phenoxy) is 4. The first-order valence-corrected chi connectivity index (χ1v) is 8.91. The van der Waals surface area contributed by atoms with Crippen molar-refractivity contribution in [3.05, 3.63) is 54.3 Å². The maximum Gasteiger partial charge on any atom is 0.147 e. The molecule has 144 valence electrons. The number of hydrogen-bond donors (Lipinski definition) is 0. The van der Waals surface area contributed by atoms with E-state index in [9.17, 15) is 4.79 Å². The predicted molar refractivity (Wildman–Crippen MR) is 101 cm³/mol. The second-order valence-corrected chi connectivity index (χ2v) is 5.84. The van der Waals surface area contributed by atoms with Crippen molar-refractivity contribution >= 4 is 6.29 Å². The molecular weight excluding hydrogens is 332 g/mol. The lowest BCUT2D eigenvalue weighted by atomic mass is 9.96. The van der Waals surface area contributed by atoms with E-state index in [2.05, 4.69) is 12.3 Å². The fraction of sp³-hybridized carbons (Fsp3) is 0.524. The lowest BCUT2D eigenvalue weighted by molar-refractivity contribution is -0.134. The Bertz CT molecular complexity index is 510. The zero-order chi connectivity index (χ0) is 18.9. The zero-order valence-electron chi connectivity index (χ0n) is 15.6. The number of allylic oxidation sites excluding steroid dienone is 1. The summed E-state index contributed by atoms with van der Waals surface area (Å²) in [6.07, 6.45) is 4.59. The highest BCUT2D eigenvalue weighted by atomic mass is 16.7. The third-order valence-corrected chi connectivity index (χ3v) is 3.90. The molecule has 0 aromatic heterocycles. The Morgan fingerprint density at radius 3 is 2.62 bits per heavy atom. The summed E-state index contributed by atoms with van der Waals surface area (Å²) >= 11 is 0. The minimum Gasteiger partial charge on any atom is -0.382 e. The van der Waals surface area contributed by atoms with Gasteiger partial charge in [0.2, 0.25) is 0 Å². The Labute approximate surface area is 156 Å². The first-order chi connectivity index (χ1) is 12.8. The van der Waals surface area contributed by atoms with Crippen LogP contribution >= 0.6 is 0 Å². The highest BCUT2D eigenvalue weighted by molar-refractivity contribution is 5.54. The van der Waals surface area contributed by atoms with Crippen LogP contribution in [0.4, 0.5) is 0 Å². The first kappa shape index (κ1) is 22.3. The van der Waals surface area contributed by atoms with Crippen molar-refractivity contribution in [1.29, 1.82) is 0 Å². The summed E-state index contributed by atoms with van der Waals surface area (Å²) in [7, 11) is 1.62. The molecule has 0 fully saturated rings.